The van der Waals surface area contributed by atoms with Crippen LogP contribution in [-0.4, -0.2) is 48.3 Å². The van der Waals surface area contributed by atoms with Gasteiger partial charge >= 0.3 is 0 Å². The predicted molar refractivity (Wildman–Crippen MR) is 81.8 cm³/mol. The molecule has 0 heterocycles. The number of hydrogen-bond acceptors (Lipinski definition) is 4. The second-order valence-corrected chi connectivity index (χ2v) is 4.86. The summed E-state index contributed by atoms with van der Waals surface area (Å²) in [5.74, 6) is 5.81. The highest BCUT2D eigenvalue weighted by Crippen LogP contribution is 2.11. The molecule has 5 heteroatoms. The molecule has 1 rings (SSSR count). The number of nitrogens with two attached hydrogens (primary N) is 1. The summed E-state index contributed by atoms with van der Waals surface area (Å²) in [6, 6.07) is 7.56. The van der Waals surface area contributed by atoms with Crippen LogP contribution in [0.15, 0.2) is 24.3 Å². The van der Waals surface area contributed by atoms with Crippen LogP contribution in [-0.2, 0) is 4.79 Å². The van der Waals surface area contributed by atoms with Gasteiger partial charge in [-0.15, -0.1) is 0 Å². The molecule has 0 aromatic heterocycles. The highest BCUT2D eigenvalue weighted by molar-refractivity contribution is 5.75. The first kappa shape index (κ1) is 17.0. The lowest BCUT2D eigenvalue weighted by Crippen LogP contribution is -2.40. The Kier molecular flexibility index (Phi) is 7.30. The minimum atomic E-state index is -0.337. The van der Waals surface area contributed by atoms with E-state index in [0.717, 1.165) is 11.3 Å². The number of hydrogen-bond donors (Lipinski definition) is 2. The van der Waals surface area contributed by atoms with E-state index in [1.165, 1.54) is 0 Å². The smallest absolute Gasteiger partial charge is 0.231 e. The summed E-state index contributed by atoms with van der Waals surface area (Å²) >= 11 is 0. The van der Waals surface area contributed by atoms with Crippen molar-refractivity contribution < 1.29 is 14.6 Å². The van der Waals surface area contributed by atoms with Crippen molar-refractivity contribution in [1.82, 2.24) is 4.90 Å². The first-order valence-electron chi connectivity index (χ1n) is 6.88. The van der Waals surface area contributed by atoms with Crippen LogP contribution in [0, 0.1) is 11.8 Å². The minimum absolute atomic E-state index is 0.150. The molecule has 0 atom stereocenters. The number of nitrogens with zero attached hydrogens (tertiary/aromatic N) is 1. The fraction of sp³-hybridized carbons (Fsp3) is 0.438. The van der Waals surface area contributed by atoms with Crippen molar-refractivity contribution in [2.24, 2.45) is 5.73 Å². The van der Waals surface area contributed by atoms with Crippen LogP contribution in [0.4, 0.5) is 0 Å². The number of aliphatic hydroxyl groups excluding tert-OH is 1. The van der Waals surface area contributed by atoms with Crippen molar-refractivity contribution in [3.63, 3.8) is 0 Å². The van der Waals surface area contributed by atoms with Gasteiger partial charge in [-0.25, -0.2) is 0 Å². The van der Waals surface area contributed by atoms with E-state index in [9.17, 15) is 4.79 Å². The minimum Gasteiger partial charge on any atom is -0.492 e. The van der Waals surface area contributed by atoms with Crippen LogP contribution < -0.4 is 10.5 Å². The fourth-order valence-electron chi connectivity index (χ4n) is 1.78. The van der Waals surface area contributed by atoms with Gasteiger partial charge in [0, 0.05) is 18.2 Å². The maximum atomic E-state index is 11.0. The number of benzene rings is 1. The molecule has 114 valence electrons. The monoisotopic (exact) mass is 290 g/mol. The third kappa shape index (κ3) is 6.80. The van der Waals surface area contributed by atoms with Crippen molar-refractivity contribution in [1.29, 1.82) is 0 Å². The molecule has 5 nitrogen and oxygen atoms in total. The lowest BCUT2D eigenvalue weighted by molar-refractivity contribution is -0.119. The van der Waals surface area contributed by atoms with Gasteiger partial charge in [0.1, 0.15) is 19.0 Å². The van der Waals surface area contributed by atoms with Crippen LogP contribution in [0.2, 0.25) is 0 Å². The third-order valence-corrected chi connectivity index (χ3v) is 2.90. The van der Waals surface area contributed by atoms with Crippen LogP contribution in [0.3, 0.4) is 0 Å². The third-order valence-electron chi connectivity index (χ3n) is 2.90. The molecule has 0 radical (unpaired) electrons. The Balaban J connectivity index is 2.45. The van der Waals surface area contributed by atoms with E-state index in [1.807, 2.05) is 43.0 Å². The Hall–Kier alpha value is -2.03. The van der Waals surface area contributed by atoms with Crippen LogP contribution in [0.5, 0.6) is 5.75 Å². The topological polar surface area (TPSA) is 75.8 Å². The Morgan fingerprint density at radius 1 is 1.38 bits per heavy atom. The van der Waals surface area contributed by atoms with Crippen molar-refractivity contribution in [3.8, 4) is 17.6 Å². The second-order valence-electron chi connectivity index (χ2n) is 4.86. The number of carbonyl (C=O) groups is 1. The normalized spacial score (nSPS) is 10.3. The summed E-state index contributed by atoms with van der Waals surface area (Å²) < 4.78 is 5.64. The molecule has 1 amide bonds. The number of ether oxygens (including phenoxy) is 1. The zero-order valence-electron chi connectivity index (χ0n) is 12.5. The number of primary amides is 1. The molecule has 0 saturated heterocycles. The predicted octanol–water partition coefficient (Wildman–Crippen LogP) is 0.605. The molecule has 0 bridgehead atoms. The van der Waals surface area contributed by atoms with Crippen LogP contribution >= 0.6 is 0 Å². The molecule has 0 fully saturated rings. The van der Waals surface area contributed by atoms with Gasteiger partial charge < -0.3 is 15.6 Å². The summed E-state index contributed by atoms with van der Waals surface area (Å²) in [6.07, 6.45) is 0. The van der Waals surface area contributed by atoms with Crippen molar-refractivity contribution in [2.45, 2.75) is 19.9 Å². The standard InChI is InChI=1S/C16H22N2O3/c1-13(2)18(12-16(17)20)9-11-21-15-7-5-14(6-8-15)4-3-10-19/h5-8,13,19H,9-12H2,1-2H3,(H2,17,20). The molecule has 0 spiro atoms. The maximum Gasteiger partial charge on any atom is 0.231 e. The zero-order chi connectivity index (χ0) is 15.7. The number of rotatable bonds is 7. The summed E-state index contributed by atoms with van der Waals surface area (Å²) in [5, 5.41) is 8.62. The number of carbonyl (C=O) groups excluding carboxylic acids is 1. The number of amides is 1. The van der Waals surface area contributed by atoms with E-state index in [2.05, 4.69) is 11.8 Å². The van der Waals surface area contributed by atoms with Crippen molar-refractivity contribution in [2.75, 3.05) is 26.3 Å². The first-order chi connectivity index (χ1) is 10.0. The fourth-order valence-corrected chi connectivity index (χ4v) is 1.78. The van der Waals surface area contributed by atoms with Crippen molar-refractivity contribution >= 4 is 5.91 Å². The van der Waals surface area contributed by atoms with E-state index in [1.54, 1.807) is 0 Å². The Labute approximate surface area is 125 Å². The van der Waals surface area contributed by atoms with Crippen LogP contribution in [0.25, 0.3) is 0 Å². The highest BCUT2D eigenvalue weighted by Gasteiger charge is 2.11. The molecule has 1 aromatic rings. The van der Waals surface area contributed by atoms with Gasteiger partial charge in [0.15, 0.2) is 0 Å². The summed E-state index contributed by atoms with van der Waals surface area (Å²) in [6.45, 7) is 5.22. The lowest BCUT2D eigenvalue weighted by Gasteiger charge is -2.24. The molecule has 0 aliphatic rings. The highest BCUT2D eigenvalue weighted by atomic mass is 16.5. The zero-order valence-corrected chi connectivity index (χ0v) is 12.5. The molecular formula is C16H22N2O3. The molecule has 3 N–H and O–H groups in total. The van der Waals surface area contributed by atoms with Crippen LogP contribution in [0.1, 0.15) is 19.4 Å². The Morgan fingerprint density at radius 3 is 2.57 bits per heavy atom. The molecule has 0 aliphatic heterocycles. The number of aliphatic hydroxyl groups is 1. The van der Waals surface area contributed by atoms with Gasteiger partial charge in [-0.2, -0.15) is 0 Å². The van der Waals surface area contributed by atoms with E-state index < -0.39 is 0 Å². The lowest BCUT2D eigenvalue weighted by atomic mass is 10.2. The van der Waals surface area contributed by atoms with Gasteiger partial charge in [-0.3, -0.25) is 9.69 Å². The van der Waals surface area contributed by atoms with E-state index >= 15 is 0 Å². The average Bonchev–Trinajstić information content (AvgIpc) is 2.44. The average molecular weight is 290 g/mol. The van der Waals surface area contributed by atoms with Gasteiger partial charge in [0.25, 0.3) is 0 Å². The SMILES string of the molecule is CC(C)N(CCOc1ccc(C#CCO)cc1)CC(N)=O. The van der Waals surface area contributed by atoms with Crippen molar-refractivity contribution in [3.05, 3.63) is 29.8 Å². The molecule has 0 aliphatic carbocycles. The summed E-state index contributed by atoms with van der Waals surface area (Å²) in [5.41, 5.74) is 6.05. The summed E-state index contributed by atoms with van der Waals surface area (Å²) in [7, 11) is 0. The molecule has 21 heavy (non-hydrogen) atoms. The van der Waals surface area contributed by atoms with Gasteiger partial charge in [-0.1, -0.05) is 11.8 Å². The van der Waals surface area contributed by atoms with Gasteiger partial charge in [0.2, 0.25) is 5.91 Å². The quantitative estimate of drug-likeness (QED) is 0.721. The molecule has 0 unspecified atom stereocenters. The molecule has 1 aromatic carbocycles. The maximum absolute atomic E-state index is 11.0. The molecular weight excluding hydrogens is 268 g/mol. The first-order valence-corrected chi connectivity index (χ1v) is 6.88. The second kappa shape index (κ2) is 9.01. The Morgan fingerprint density at radius 2 is 2.05 bits per heavy atom. The van der Waals surface area contributed by atoms with E-state index in [4.69, 9.17) is 15.6 Å². The van der Waals surface area contributed by atoms with Gasteiger partial charge in [0.05, 0.1) is 6.54 Å². The Bertz CT molecular complexity index is 500. The van der Waals surface area contributed by atoms with E-state index in [0.29, 0.717) is 13.2 Å². The summed E-state index contributed by atoms with van der Waals surface area (Å²) in [4.78, 5) is 12.9. The van der Waals surface area contributed by atoms with Gasteiger partial charge in [-0.05, 0) is 38.1 Å². The molecule has 0 saturated carbocycles. The van der Waals surface area contributed by atoms with E-state index in [-0.39, 0.29) is 25.1 Å². The largest absolute Gasteiger partial charge is 0.492 e.